The van der Waals surface area contributed by atoms with Crippen molar-refractivity contribution in [1.29, 1.82) is 0 Å². The highest BCUT2D eigenvalue weighted by Gasteiger charge is 2.01. The minimum atomic E-state index is 0. The maximum Gasteiger partial charge on any atom is 0.191 e. The highest BCUT2D eigenvalue weighted by molar-refractivity contribution is 14.0. The first-order valence-corrected chi connectivity index (χ1v) is 7.80. The molecule has 0 aromatic carbocycles. The highest BCUT2D eigenvalue weighted by atomic mass is 127. The molecule has 126 valence electrons. The SMILES string of the molecule is CCCCNC(=NCc1ccnc(-n2cccn2)c1)NCC.I. The lowest BCUT2D eigenvalue weighted by Gasteiger charge is -2.11. The number of aliphatic imine (C=N–C) groups is 1. The Hall–Kier alpha value is -1.64. The summed E-state index contributed by atoms with van der Waals surface area (Å²) in [6.07, 6.45) is 7.73. The van der Waals surface area contributed by atoms with E-state index in [-0.39, 0.29) is 24.0 Å². The molecule has 0 fully saturated rings. The zero-order valence-electron chi connectivity index (χ0n) is 13.7. The van der Waals surface area contributed by atoms with Crippen molar-refractivity contribution in [3.63, 3.8) is 0 Å². The highest BCUT2D eigenvalue weighted by Crippen LogP contribution is 2.07. The molecule has 0 aliphatic heterocycles. The van der Waals surface area contributed by atoms with Crippen LogP contribution in [0, 0.1) is 0 Å². The number of guanidine groups is 1. The van der Waals surface area contributed by atoms with Gasteiger partial charge in [0.05, 0.1) is 6.54 Å². The summed E-state index contributed by atoms with van der Waals surface area (Å²) in [5, 5.41) is 10.8. The smallest absolute Gasteiger partial charge is 0.191 e. The summed E-state index contributed by atoms with van der Waals surface area (Å²) in [5.74, 6) is 1.66. The average molecular weight is 428 g/mol. The van der Waals surface area contributed by atoms with Gasteiger partial charge in [-0.25, -0.2) is 14.7 Å². The van der Waals surface area contributed by atoms with E-state index in [4.69, 9.17) is 0 Å². The number of halogens is 1. The zero-order valence-corrected chi connectivity index (χ0v) is 16.0. The van der Waals surface area contributed by atoms with Crippen LogP contribution in [-0.4, -0.2) is 33.8 Å². The number of aromatic nitrogens is 3. The van der Waals surface area contributed by atoms with Gasteiger partial charge in [-0.05, 0) is 37.1 Å². The number of nitrogens with one attached hydrogen (secondary N) is 2. The van der Waals surface area contributed by atoms with Crippen LogP contribution in [0.25, 0.3) is 5.82 Å². The van der Waals surface area contributed by atoms with Gasteiger partial charge in [-0.2, -0.15) is 5.10 Å². The van der Waals surface area contributed by atoms with Gasteiger partial charge in [0.15, 0.2) is 11.8 Å². The molecule has 0 aliphatic rings. The van der Waals surface area contributed by atoms with Crippen molar-refractivity contribution in [2.75, 3.05) is 13.1 Å². The fourth-order valence-electron chi connectivity index (χ4n) is 1.98. The van der Waals surface area contributed by atoms with Gasteiger partial charge in [0.2, 0.25) is 0 Å². The summed E-state index contributed by atoms with van der Waals surface area (Å²) in [6, 6.07) is 5.87. The third-order valence-electron chi connectivity index (χ3n) is 3.14. The standard InChI is InChI=1S/C16H24N6.HI/c1-3-5-8-19-16(17-4-2)20-13-14-7-10-18-15(12-14)22-11-6-9-21-22;/h6-7,9-12H,3-5,8,13H2,1-2H3,(H2,17,19,20);1H. The molecule has 2 aromatic heterocycles. The fraction of sp³-hybridized carbons (Fsp3) is 0.438. The quantitative estimate of drug-likeness (QED) is 0.308. The Morgan fingerprint density at radius 3 is 2.83 bits per heavy atom. The van der Waals surface area contributed by atoms with Gasteiger partial charge in [-0.3, -0.25) is 0 Å². The molecular weight excluding hydrogens is 403 g/mol. The van der Waals surface area contributed by atoms with Gasteiger partial charge in [0.25, 0.3) is 0 Å². The summed E-state index contributed by atoms with van der Waals surface area (Å²) in [5.41, 5.74) is 1.10. The molecule has 0 saturated heterocycles. The Morgan fingerprint density at radius 2 is 2.13 bits per heavy atom. The van der Waals surface area contributed by atoms with E-state index < -0.39 is 0 Å². The maximum atomic E-state index is 4.61. The third kappa shape index (κ3) is 6.55. The first-order valence-electron chi connectivity index (χ1n) is 7.80. The molecule has 2 heterocycles. The predicted molar refractivity (Wildman–Crippen MR) is 105 cm³/mol. The van der Waals surface area contributed by atoms with E-state index in [0.717, 1.165) is 36.9 Å². The van der Waals surface area contributed by atoms with E-state index in [9.17, 15) is 0 Å². The maximum absolute atomic E-state index is 4.61. The van der Waals surface area contributed by atoms with E-state index in [0.29, 0.717) is 6.54 Å². The second-order valence-corrected chi connectivity index (χ2v) is 4.95. The number of pyridine rings is 1. The second kappa shape index (κ2) is 11.0. The molecule has 7 heteroatoms. The number of rotatable bonds is 7. The lowest BCUT2D eigenvalue weighted by atomic mass is 10.2. The molecule has 0 aliphatic carbocycles. The summed E-state index contributed by atoms with van der Waals surface area (Å²) >= 11 is 0. The van der Waals surface area contributed by atoms with Crippen LogP contribution in [0.3, 0.4) is 0 Å². The van der Waals surface area contributed by atoms with Crippen LogP contribution < -0.4 is 10.6 Å². The summed E-state index contributed by atoms with van der Waals surface area (Å²) in [4.78, 5) is 8.94. The molecule has 0 radical (unpaired) electrons. The Bertz CT molecular complexity index is 582. The van der Waals surface area contributed by atoms with Crippen molar-refractivity contribution in [3.8, 4) is 5.82 Å². The largest absolute Gasteiger partial charge is 0.357 e. The van der Waals surface area contributed by atoms with Crippen molar-refractivity contribution in [2.24, 2.45) is 4.99 Å². The Balaban J connectivity index is 0.00000264. The molecule has 2 rings (SSSR count). The summed E-state index contributed by atoms with van der Waals surface area (Å²) in [7, 11) is 0. The van der Waals surface area contributed by atoms with Crippen LogP contribution in [-0.2, 0) is 6.54 Å². The van der Waals surface area contributed by atoms with E-state index in [1.807, 2.05) is 24.4 Å². The topological polar surface area (TPSA) is 67.1 Å². The van der Waals surface area contributed by atoms with Gasteiger partial charge in [-0.15, -0.1) is 24.0 Å². The number of hydrogen-bond donors (Lipinski definition) is 2. The van der Waals surface area contributed by atoms with Gasteiger partial charge in [0, 0.05) is 31.7 Å². The minimum Gasteiger partial charge on any atom is -0.357 e. The molecular formula is C16H25IN6. The monoisotopic (exact) mass is 428 g/mol. The number of unbranched alkanes of at least 4 members (excludes halogenated alkanes) is 1. The minimum absolute atomic E-state index is 0. The second-order valence-electron chi connectivity index (χ2n) is 4.95. The van der Waals surface area contributed by atoms with E-state index >= 15 is 0 Å². The molecule has 2 aromatic rings. The molecule has 2 N–H and O–H groups in total. The zero-order chi connectivity index (χ0) is 15.6. The van der Waals surface area contributed by atoms with E-state index in [1.54, 1.807) is 17.1 Å². The van der Waals surface area contributed by atoms with Gasteiger partial charge >= 0.3 is 0 Å². The molecule has 0 atom stereocenters. The van der Waals surface area contributed by atoms with Crippen LogP contribution in [0.2, 0.25) is 0 Å². The third-order valence-corrected chi connectivity index (χ3v) is 3.14. The Morgan fingerprint density at radius 1 is 1.26 bits per heavy atom. The lowest BCUT2D eigenvalue weighted by molar-refractivity contribution is 0.730. The van der Waals surface area contributed by atoms with Crippen molar-refractivity contribution in [2.45, 2.75) is 33.2 Å². The van der Waals surface area contributed by atoms with Crippen LogP contribution >= 0.6 is 24.0 Å². The van der Waals surface area contributed by atoms with Crippen molar-refractivity contribution < 1.29 is 0 Å². The van der Waals surface area contributed by atoms with E-state index in [2.05, 4.69) is 39.6 Å². The van der Waals surface area contributed by atoms with Crippen LogP contribution in [0.1, 0.15) is 32.3 Å². The normalized spacial score (nSPS) is 11.0. The molecule has 6 nitrogen and oxygen atoms in total. The molecule has 0 saturated carbocycles. The van der Waals surface area contributed by atoms with Crippen LogP contribution in [0.4, 0.5) is 0 Å². The van der Waals surface area contributed by atoms with Crippen molar-refractivity contribution >= 4 is 29.9 Å². The Kier molecular flexibility index (Phi) is 9.27. The Labute approximate surface area is 154 Å². The van der Waals surface area contributed by atoms with Crippen molar-refractivity contribution in [1.82, 2.24) is 25.4 Å². The summed E-state index contributed by atoms with van der Waals surface area (Å²) < 4.78 is 1.75. The number of hydrogen-bond acceptors (Lipinski definition) is 3. The molecule has 0 spiro atoms. The molecule has 0 bridgehead atoms. The van der Waals surface area contributed by atoms with Crippen LogP contribution in [0.15, 0.2) is 41.8 Å². The molecule has 0 amide bonds. The first kappa shape index (κ1) is 19.4. The first-order chi connectivity index (χ1) is 10.8. The van der Waals surface area contributed by atoms with Crippen LogP contribution in [0.5, 0.6) is 0 Å². The molecule has 0 unspecified atom stereocenters. The average Bonchev–Trinajstić information content (AvgIpc) is 3.07. The number of nitrogens with zero attached hydrogens (tertiary/aromatic N) is 4. The van der Waals surface area contributed by atoms with Gasteiger partial charge in [-0.1, -0.05) is 13.3 Å². The van der Waals surface area contributed by atoms with E-state index in [1.165, 1.54) is 6.42 Å². The lowest BCUT2D eigenvalue weighted by Crippen LogP contribution is -2.37. The summed E-state index contributed by atoms with van der Waals surface area (Å²) in [6.45, 7) is 6.65. The predicted octanol–water partition coefficient (Wildman–Crippen LogP) is 2.74. The van der Waals surface area contributed by atoms with Crippen molar-refractivity contribution in [3.05, 3.63) is 42.4 Å². The van der Waals surface area contributed by atoms with Gasteiger partial charge < -0.3 is 10.6 Å². The fourth-order valence-corrected chi connectivity index (χ4v) is 1.98. The molecule has 23 heavy (non-hydrogen) atoms. The van der Waals surface area contributed by atoms with Gasteiger partial charge in [0.1, 0.15) is 0 Å².